The van der Waals surface area contributed by atoms with Gasteiger partial charge in [0.1, 0.15) is 6.54 Å². The van der Waals surface area contributed by atoms with Gasteiger partial charge in [-0.3, -0.25) is 18.7 Å². The number of hydrogen-bond acceptors (Lipinski definition) is 3. The van der Waals surface area contributed by atoms with Crippen molar-refractivity contribution in [1.82, 2.24) is 14.5 Å². The lowest BCUT2D eigenvalue weighted by atomic mass is 9.87. The predicted molar refractivity (Wildman–Crippen MR) is 75.5 cm³/mol. The summed E-state index contributed by atoms with van der Waals surface area (Å²) >= 11 is 0. The van der Waals surface area contributed by atoms with Crippen LogP contribution in [0.3, 0.4) is 0 Å². The van der Waals surface area contributed by atoms with Crippen molar-refractivity contribution in [2.75, 3.05) is 0 Å². The number of rotatable bonds is 3. The minimum absolute atomic E-state index is 0.0438. The van der Waals surface area contributed by atoms with Gasteiger partial charge >= 0.3 is 5.69 Å². The summed E-state index contributed by atoms with van der Waals surface area (Å²) in [5.74, 6) is 0.458. The maximum Gasteiger partial charge on any atom is 0.331 e. The molecule has 1 fully saturated rings. The smallest absolute Gasteiger partial charge is 0.331 e. The molecule has 1 amide bonds. The molecule has 0 saturated heterocycles. The van der Waals surface area contributed by atoms with Gasteiger partial charge in [-0.15, -0.1) is 0 Å². The lowest BCUT2D eigenvalue weighted by Crippen LogP contribution is -2.43. The van der Waals surface area contributed by atoms with Crippen LogP contribution >= 0.6 is 0 Å². The van der Waals surface area contributed by atoms with Crippen molar-refractivity contribution < 1.29 is 4.79 Å². The lowest BCUT2D eigenvalue weighted by molar-refractivity contribution is -0.122. The average molecular weight is 279 g/mol. The van der Waals surface area contributed by atoms with Crippen LogP contribution in [0.25, 0.3) is 0 Å². The molecular weight excluding hydrogens is 258 g/mol. The van der Waals surface area contributed by atoms with Crippen LogP contribution in [0, 0.1) is 5.92 Å². The standard InChI is InChI=1S/C14H21N3O3/c1-10-4-3-5-11(8-10)15-12(18)9-17-7-6-13(19)16(2)14(17)20/h6-7,10-11H,3-5,8-9H2,1-2H3,(H,15,18)/t10-,11+/m1/s1. The molecule has 1 aromatic heterocycles. The van der Waals surface area contributed by atoms with E-state index in [-0.39, 0.29) is 24.1 Å². The maximum absolute atomic E-state index is 12.0. The number of carbonyl (C=O) groups excluding carboxylic acids is 1. The molecule has 0 spiro atoms. The van der Waals surface area contributed by atoms with Crippen molar-refractivity contribution in [2.24, 2.45) is 13.0 Å². The second-order valence-electron chi connectivity index (χ2n) is 5.66. The van der Waals surface area contributed by atoms with Crippen molar-refractivity contribution in [2.45, 2.75) is 45.2 Å². The Morgan fingerprint density at radius 1 is 1.40 bits per heavy atom. The Balaban J connectivity index is 2.00. The SMILES string of the molecule is C[C@@H]1CCC[C@H](NC(=O)Cn2ccc(=O)n(C)c2=O)C1. The summed E-state index contributed by atoms with van der Waals surface area (Å²) in [6.07, 6.45) is 5.71. The van der Waals surface area contributed by atoms with Crippen LogP contribution in [0.1, 0.15) is 32.6 Å². The summed E-state index contributed by atoms with van der Waals surface area (Å²) < 4.78 is 2.25. The number of nitrogens with one attached hydrogen (secondary N) is 1. The molecule has 0 aliphatic heterocycles. The first-order valence-corrected chi connectivity index (χ1v) is 7.03. The van der Waals surface area contributed by atoms with E-state index in [2.05, 4.69) is 12.2 Å². The molecule has 2 rings (SSSR count). The Hall–Kier alpha value is -1.85. The minimum Gasteiger partial charge on any atom is -0.352 e. The molecule has 110 valence electrons. The Morgan fingerprint density at radius 2 is 2.15 bits per heavy atom. The molecule has 1 aromatic rings. The van der Waals surface area contributed by atoms with Crippen molar-refractivity contribution in [3.63, 3.8) is 0 Å². The van der Waals surface area contributed by atoms with E-state index in [4.69, 9.17) is 0 Å². The number of amides is 1. The molecule has 6 nitrogen and oxygen atoms in total. The van der Waals surface area contributed by atoms with Crippen molar-refractivity contribution in [3.05, 3.63) is 33.1 Å². The molecule has 6 heteroatoms. The summed E-state index contributed by atoms with van der Waals surface area (Å²) in [6.45, 7) is 2.15. The van der Waals surface area contributed by atoms with Gasteiger partial charge in [-0.2, -0.15) is 0 Å². The number of aromatic nitrogens is 2. The fourth-order valence-electron chi connectivity index (χ4n) is 2.73. The van der Waals surface area contributed by atoms with E-state index in [1.165, 1.54) is 30.3 Å². The Bertz CT molecular complexity index is 602. The fourth-order valence-corrected chi connectivity index (χ4v) is 2.73. The highest BCUT2D eigenvalue weighted by Gasteiger charge is 2.20. The van der Waals surface area contributed by atoms with Gasteiger partial charge in [0.05, 0.1) is 0 Å². The van der Waals surface area contributed by atoms with Crippen molar-refractivity contribution in [1.29, 1.82) is 0 Å². The van der Waals surface area contributed by atoms with E-state index in [0.717, 1.165) is 23.8 Å². The largest absolute Gasteiger partial charge is 0.352 e. The molecule has 2 atom stereocenters. The van der Waals surface area contributed by atoms with Gasteiger partial charge < -0.3 is 5.32 Å². The van der Waals surface area contributed by atoms with E-state index in [9.17, 15) is 14.4 Å². The Morgan fingerprint density at radius 3 is 2.85 bits per heavy atom. The topological polar surface area (TPSA) is 73.1 Å². The molecule has 1 saturated carbocycles. The van der Waals surface area contributed by atoms with Gasteiger partial charge in [0, 0.05) is 25.4 Å². The Labute approximate surface area is 117 Å². The van der Waals surface area contributed by atoms with E-state index in [1.54, 1.807) is 0 Å². The molecule has 1 aliphatic rings. The van der Waals surface area contributed by atoms with E-state index >= 15 is 0 Å². The number of nitrogens with zero attached hydrogens (tertiary/aromatic N) is 2. The van der Waals surface area contributed by atoms with E-state index in [1.807, 2.05) is 0 Å². The first kappa shape index (κ1) is 14.6. The van der Waals surface area contributed by atoms with E-state index in [0.29, 0.717) is 5.92 Å². The number of hydrogen-bond donors (Lipinski definition) is 1. The van der Waals surface area contributed by atoms with E-state index < -0.39 is 5.69 Å². The normalized spacial score (nSPS) is 22.5. The summed E-state index contributed by atoms with van der Waals surface area (Å²) in [7, 11) is 1.40. The predicted octanol–water partition coefficient (Wildman–Crippen LogP) is 0.242. The first-order valence-electron chi connectivity index (χ1n) is 7.03. The third-order valence-electron chi connectivity index (χ3n) is 3.88. The zero-order valence-electron chi connectivity index (χ0n) is 12.0. The van der Waals surface area contributed by atoms with Crippen LogP contribution in [-0.2, 0) is 18.4 Å². The van der Waals surface area contributed by atoms with Gasteiger partial charge in [0.2, 0.25) is 5.91 Å². The summed E-state index contributed by atoms with van der Waals surface area (Å²) in [4.78, 5) is 35.1. The summed E-state index contributed by atoms with van der Waals surface area (Å²) in [5, 5.41) is 2.97. The number of carbonyl (C=O) groups is 1. The molecular formula is C14H21N3O3. The van der Waals surface area contributed by atoms with Gasteiger partial charge in [0.25, 0.3) is 5.56 Å². The van der Waals surface area contributed by atoms with Gasteiger partial charge in [-0.05, 0) is 18.8 Å². The second-order valence-corrected chi connectivity index (χ2v) is 5.66. The minimum atomic E-state index is -0.468. The Kier molecular flexibility index (Phi) is 4.42. The zero-order chi connectivity index (χ0) is 14.7. The van der Waals surface area contributed by atoms with Gasteiger partial charge in [-0.25, -0.2) is 4.79 Å². The third-order valence-corrected chi connectivity index (χ3v) is 3.88. The molecule has 0 unspecified atom stereocenters. The van der Waals surface area contributed by atoms with Crippen LogP contribution < -0.4 is 16.6 Å². The molecule has 0 radical (unpaired) electrons. The summed E-state index contributed by atoms with van der Waals surface area (Å²) in [5.41, 5.74) is -0.836. The highest BCUT2D eigenvalue weighted by Crippen LogP contribution is 2.23. The third kappa shape index (κ3) is 3.37. The molecule has 0 bridgehead atoms. The van der Waals surface area contributed by atoms with Crippen LogP contribution in [-0.4, -0.2) is 21.1 Å². The van der Waals surface area contributed by atoms with Gasteiger partial charge in [-0.1, -0.05) is 19.8 Å². The van der Waals surface area contributed by atoms with Crippen LogP contribution in [0.4, 0.5) is 0 Å². The quantitative estimate of drug-likeness (QED) is 0.861. The first-order chi connectivity index (χ1) is 9.47. The van der Waals surface area contributed by atoms with Crippen molar-refractivity contribution >= 4 is 5.91 Å². The monoisotopic (exact) mass is 279 g/mol. The molecule has 20 heavy (non-hydrogen) atoms. The fraction of sp³-hybridized carbons (Fsp3) is 0.643. The average Bonchev–Trinajstić information content (AvgIpc) is 2.39. The highest BCUT2D eigenvalue weighted by atomic mass is 16.2. The molecule has 1 aliphatic carbocycles. The molecule has 0 aromatic carbocycles. The van der Waals surface area contributed by atoms with Crippen molar-refractivity contribution in [3.8, 4) is 0 Å². The highest BCUT2D eigenvalue weighted by molar-refractivity contribution is 5.76. The zero-order valence-corrected chi connectivity index (χ0v) is 12.0. The van der Waals surface area contributed by atoms with Crippen LogP contribution in [0.5, 0.6) is 0 Å². The maximum atomic E-state index is 12.0. The lowest BCUT2D eigenvalue weighted by Gasteiger charge is -2.27. The molecule has 1 N–H and O–H groups in total. The molecule has 1 heterocycles. The summed E-state index contributed by atoms with van der Waals surface area (Å²) in [6, 6.07) is 1.49. The second kappa shape index (κ2) is 6.07. The van der Waals surface area contributed by atoms with Crippen LogP contribution in [0.15, 0.2) is 21.9 Å². The van der Waals surface area contributed by atoms with Crippen LogP contribution in [0.2, 0.25) is 0 Å². The van der Waals surface area contributed by atoms with Gasteiger partial charge in [0.15, 0.2) is 0 Å².